The maximum Gasteiger partial charge on any atom is 0.234 e. The van der Waals surface area contributed by atoms with Gasteiger partial charge in [0.15, 0.2) is 5.13 Å². The maximum absolute atomic E-state index is 13.4. The van der Waals surface area contributed by atoms with Crippen LogP contribution in [0.1, 0.15) is 44.2 Å². The number of likely N-dealkylation sites (tertiary alicyclic amines) is 1. The molecular formula is C21H27N3O3S. The van der Waals surface area contributed by atoms with Crippen LogP contribution in [0.25, 0.3) is 0 Å². The summed E-state index contributed by atoms with van der Waals surface area (Å²) in [5.41, 5.74) is 0.889. The fraction of sp³-hybridized carbons (Fsp3) is 0.476. The third-order valence-corrected chi connectivity index (χ3v) is 6.12. The van der Waals surface area contributed by atoms with Gasteiger partial charge in [-0.3, -0.25) is 14.5 Å². The fourth-order valence-electron chi connectivity index (χ4n) is 3.82. The Kier molecular flexibility index (Phi) is 6.67. The summed E-state index contributed by atoms with van der Waals surface area (Å²) in [7, 11) is 3.38. The van der Waals surface area contributed by atoms with E-state index in [1.165, 1.54) is 11.3 Å². The highest BCUT2D eigenvalue weighted by molar-refractivity contribution is 7.13. The molecule has 2 aromatic rings. The number of nitrogens with zero attached hydrogens (tertiary/aromatic N) is 3. The zero-order valence-electron chi connectivity index (χ0n) is 16.6. The number of thiazole rings is 1. The van der Waals surface area contributed by atoms with Crippen molar-refractivity contribution in [1.29, 1.82) is 0 Å². The van der Waals surface area contributed by atoms with Crippen molar-refractivity contribution < 1.29 is 14.3 Å². The van der Waals surface area contributed by atoms with Gasteiger partial charge in [0, 0.05) is 37.2 Å². The van der Waals surface area contributed by atoms with Crippen molar-refractivity contribution in [2.24, 2.45) is 5.92 Å². The van der Waals surface area contributed by atoms with Crippen LogP contribution in [0, 0.1) is 5.92 Å². The molecule has 0 aliphatic carbocycles. The van der Waals surface area contributed by atoms with Crippen molar-refractivity contribution in [3.63, 3.8) is 0 Å². The average molecular weight is 402 g/mol. The van der Waals surface area contributed by atoms with Crippen molar-refractivity contribution in [2.75, 3.05) is 25.6 Å². The summed E-state index contributed by atoms with van der Waals surface area (Å²) in [6.45, 7) is 2.74. The quantitative estimate of drug-likeness (QED) is 0.706. The lowest BCUT2D eigenvalue weighted by Gasteiger charge is -2.42. The maximum atomic E-state index is 13.4. The molecule has 1 aliphatic heterocycles. The predicted octanol–water partition coefficient (Wildman–Crippen LogP) is 3.89. The summed E-state index contributed by atoms with van der Waals surface area (Å²) in [6, 6.07) is 7.35. The number of aromatic nitrogens is 1. The Morgan fingerprint density at radius 3 is 2.86 bits per heavy atom. The van der Waals surface area contributed by atoms with Gasteiger partial charge in [0.25, 0.3) is 0 Å². The van der Waals surface area contributed by atoms with Crippen molar-refractivity contribution in [3.05, 3.63) is 41.4 Å². The molecule has 1 fully saturated rings. The van der Waals surface area contributed by atoms with E-state index < -0.39 is 0 Å². The topological polar surface area (TPSA) is 62.7 Å². The number of benzene rings is 1. The predicted molar refractivity (Wildman–Crippen MR) is 111 cm³/mol. The minimum atomic E-state index is -0.334. The molecule has 1 aromatic carbocycles. The minimum Gasteiger partial charge on any atom is -0.496 e. The number of unbranched alkanes of at least 4 members (excludes halogenated alkanes) is 1. The molecule has 1 saturated heterocycles. The van der Waals surface area contributed by atoms with Gasteiger partial charge in [0.2, 0.25) is 11.8 Å². The Balaban J connectivity index is 2.01. The van der Waals surface area contributed by atoms with Gasteiger partial charge in [-0.15, -0.1) is 11.3 Å². The average Bonchev–Trinajstić information content (AvgIpc) is 3.26. The van der Waals surface area contributed by atoms with E-state index in [1.807, 2.05) is 34.5 Å². The van der Waals surface area contributed by atoms with E-state index in [0.717, 1.165) is 18.4 Å². The lowest BCUT2D eigenvalue weighted by Crippen LogP contribution is -2.48. The molecule has 0 saturated carbocycles. The largest absolute Gasteiger partial charge is 0.496 e. The van der Waals surface area contributed by atoms with Crippen LogP contribution in [0.5, 0.6) is 5.75 Å². The first-order chi connectivity index (χ1) is 13.6. The molecule has 3 rings (SSSR count). The number of methoxy groups -OCH3 is 1. The highest BCUT2D eigenvalue weighted by Gasteiger charge is 2.42. The van der Waals surface area contributed by atoms with E-state index in [0.29, 0.717) is 30.3 Å². The van der Waals surface area contributed by atoms with Gasteiger partial charge in [-0.2, -0.15) is 0 Å². The number of rotatable bonds is 7. The minimum absolute atomic E-state index is 0.0140. The lowest BCUT2D eigenvalue weighted by molar-refractivity contribution is -0.142. The van der Waals surface area contributed by atoms with Crippen LogP contribution >= 0.6 is 11.3 Å². The number of hydrogen-bond acceptors (Lipinski definition) is 5. The molecule has 2 unspecified atom stereocenters. The summed E-state index contributed by atoms with van der Waals surface area (Å²) in [6.07, 6.45) is 4.50. The van der Waals surface area contributed by atoms with Gasteiger partial charge in [-0.25, -0.2) is 4.98 Å². The summed E-state index contributed by atoms with van der Waals surface area (Å²) in [4.78, 5) is 34.0. The van der Waals surface area contributed by atoms with Crippen LogP contribution < -0.4 is 9.64 Å². The Bertz CT molecular complexity index is 809. The Morgan fingerprint density at radius 1 is 1.39 bits per heavy atom. The van der Waals surface area contributed by atoms with Gasteiger partial charge in [0.1, 0.15) is 5.75 Å². The van der Waals surface area contributed by atoms with Crippen LogP contribution in [0.15, 0.2) is 35.8 Å². The van der Waals surface area contributed by atoms with Crippen molar-refractivity contribution in [2.45, 2.75) is 38.6 Å². The Morgan fingerprint density at radius 2 is 2.18 bits per heavy atom. The van der Waals surface area contributed by atoms with Crippen molar-refractivity contribution in [1.82, 2.24) is 9.88 Å². The van der Waals surface area contributed by atoms with Crippen LogP contribution in [-0.4, -0.2) is 42.4 Å². The van der Waals surface area contributed by atoms with E-state index >= 15 is 0 Å². The zero-order valence-corrected chi connectivity index (χ0v) is 17.4. The van der Waals surface area contributed by atoms with Crippen LogP contribution in [0.3, 0.4) is 0 Å². The van der Waals surface area contributed by atoms with E-state index in [1.54, 1.807) is 25.3 Å². The first-order valence-corrected chi connectivity index (χ1v) is 10.6. The summed E-state index contributed by atoms with van der Waals surface area (Å²) >= 11 is 1.43. The first-order valence-electron chi connectivity index (χ1n) is 9.67. The van der Waals surface area contributed by atoms with Gasteiger partial charge >= 0.3 is 0 Å². The first kappa shape index (κ1) is 20.3. The molecule has 0 radical (unpaired) electrons. The smallest absolute Gasteiger partial charge is 0.234 e. The second-order valence-electron chi connectivity index (χ2n) is 6.98. The van der Waals surface area contributed by atoms with E-state index in [2.05, 4.69) is 11.9 Å². The van der Waals surface area contributed by atoms with Crippen molar-refractivity contribution in [3.8, 4) is 5.75 Å². The van der Waals surface area contributed by atoms with Gasteiger partial charge in [-0.05, 0) is 18.9 Å². The summed E-state index contributed by atoms with van der Waals surface area (Å²) in [5.74, 6) is 0.461. The molecule has 150 valence electrons. The van der Waals surface area contributed by atoms with Gasteiger partial charge in [0.05, 0.1) is 19.1 Å². The number of carbonyl (C=O) groups excluding carboxylic acids is 2. The molecule has 2 atom stereocenters. The molecule has 6 nitrogen and oxygen atoms in total. The summed E-state index contributed by atoms with van der Waals surface area (Å²) in [5, 5.41) is 2.52. The SMILES string of the molecule is CCCCN1C(=O)CCC(C(=O)N(C)c2nccs2)C1c1ccccc1OC. The van der Waals surface area contributed by atoms with Crippen LogP contribution in [0.2, 0.25) is 0 Å². The molecule has 7 heteroatoms. The highest BCUT2D eigenvalue weighted by Crippen LogP contribution is 2.42. The number of carbonyl (C=O) groups is 2. The van der Waals surface area contributed by atoms with Crippen molar-refractivity contribution >= 4 is 28.3 Å². The number of amides is 2. The molecule has 1 aromatic heterocycles. The molecule has 0 bridgehead atoms. The molecule has 1 aliphatic rings. The van der Waals surface area contributed by atoms with Crippen LogP contribution in [0.4, 0.5) is 5.13 Å². The number of anilines is 1. The second-order valence-corrected chi connectivity index (χ2v) is 7.86. The molecule has 2 amide bonds. The number of ether oxygens (including phenoxy) is 1. The summed E-state index contributed by atoms with van der Waals surface area (Å²) < 4.78 is 5.57. The number of hydrogen-bond donors (Lipinski definition) is 0. The number of para-hydroxylation sites is 1. The van der Waals surface area contributed by atoms with Gasteiger partial charge < -0.3 is 9.64 Å². The monoisotopic (exact) mass is 401 g/mol. The molecular weight excluding hydrogens is 374 g/mol. The highest BCUT2D eigenvalue weighted by atomic mass is 32.1. The third kappa shape index (κ3) is 4.04. The molecule has 0 N–H and O–H groups in total. The van der Waals surface area contributed by atoms with Gasteiger partial charge in [-0.1, -0.05) is 31.5 Å². The Hall–Kier alpha value is -2.41. The normalized spacial score (nSPS) is 19.5. The zero-order chi connectivity index (χ0) is 20.1. The number of piperidine rings is 1. The van der Waals surface area contributed by atoms with E-state index in [9.17, 15) is 9.59 Å². The molecule has 2 heterocycles. The molecule has 28 heavy (non-hydrogen) atoms. The standard InChI is InChI=1S/C21H27N3O3S/c1-4-5-13-24-18(25)11-10-16(20(26)23(2)21-22-12-14-28-21)19(24)15-8-6-7-9-17(15)27-3/h6-9,12,14,16,19H,4-5,10-11,13H2,1-3H3. The Labute approximate surface area is 170 Å². The van der Waals surface area contributed by atoms with E-state index in [-0.39, 0.29) is 23.8 Å². The fourth-order valence-corrected chi connectivity index (χ4v) is 4.44. The third-order valence-electron chi connectivity index (χ3n) is 5.27. The molecule has 0 spiro atoms. The second kappa shape index (κ2) is 9.19. The lowest BCUT2D eigenvalue weighted by atomic mass is 9.82. The van der Waals surface area contributed by atoms with E-state index in [4.69, 9.17) is 4.74 Å². The van der Waals surface area contributed by atoms with Crippen LogP contribution in [-0.2, 0) is 9.59 Å².